The minimum Gasteiger partial charge on any atom is -0.378 e. The van der Waals surface area contributed by atoms with Crippen molar-refractivity contribution in [2.45, 2.75) is 11.3 Å². The van der Waals surface area contributed by atoms with Crippen LogP contribution < -0.4 is 10.2 Å². The standard InChI is InChI=1S/C15H16ClF3N6O2S/c1-24-13(25-2-4-27-5-3-25)22-23-14(24)28-8-11(26)21-12-10(16)6-9(7-20-12)15(17,18)19/h6-7H,2-5,8H2,1H3,(H,20,21,26). The zero-order chi connectivity index (χ0) is 20.3. The maximum absolute atomic E-state index is 12.6. The number of aromatic nitrogens is 4. The summed E-state index contributed by atoms with van der Waals surface area (Å²) in [6.07, 6.45) is -3.94. The first-order valence-corrected chi connectivity index (χ1v) is 9.49. The van der Waals surface area contributed by atoms with Crippen molar-refractivity contribution in [2.75, 3.05) is 42.3 Å². The van der Waals surface area contributed by atoms with Gasteiger partial charge in [-0.25, -0.2) is 4.98 Å². The molecule has 0 spiro atoms. The Labute approximate surface area is 167 Å². The van der Waals surface area contributed by atoms with Gasteiger partial charge in [0.25, 0.3) is 0 Å². The van der Waals surface area contributed by atoms with Crippen molar-refractivity contribution in [3.8, 4) is 0 Å². The van der Waals surface area contributed by atoms with Crippen LogP contribution in [0.25, 0.3) is 0 Å². The number of hydrogen-bond acceptors (Lipinski definition) is 7. The molecule has 13 heteroatoms. The lowest BCUT2D eigenvalue weighted by Crippen LogP contribution is -2.37. The third-order valence-electron chi connectivity index (χ3n) is 3.86. The van der Waals surface area contributed by atoms with Gasteiger partial charge in [0.15, 0.2) is 11.0 Å². The number of nitrogens with one attached hydrogen (secondary N) is 1. The molecule has 2 aromatic rings. The van der Waals surface area contributed by atoms with E-state index in [9.17, 15) is 18.0 Å². The van der Waals surface area contributed by atoms with Crippen LogP contribution in [-0.4, -0.2) is 57.7 Å². The topological polar surface area (TPSA) is 85.2 Å². The largest absolute Gasteiger partial charge is 0.417 e. The van der Waals surface area contributed by atoms with E-state index in [4.69, 9.17) is 16.3 Å². The number of ether oxygens (including phenoxy) is 1. The average molecular weight is 437 g/mol. The van der Waals surface area contributed by atoms with E-state index in [1.54, 1.807) is 11.6 Å². The smallest absolute Gasteiger partial charge is 0.378 e. The molecule has 0 bridgehead atoms. The van der Waals surface area contributed by atoms with E-state index >= 15 is 0 Å². The number of hydrogen-bond donors (Lipinski definition) is 1. The normalized spacial score (nSPS) is 15.0. The Morgan fingerprint density at radius 1 is 1.36 bits per heavy atom. The van der Waals surface area contributed by atoms with Gasteiger partial charge in [0.05, 0.1) is 29.6 Å². The molecular formula is C15H16ClF3N6O2S. The zero-order valence-electron chi connectivity index (χ0n) is 14.7. The van der Waals surface area contributed by atoms with E-state index in [1.807, 2.05) is 4.90 Å². The monoisotopic (exact) mass is 436 g/mol. The molecule has 1 aliphatic heterocycles. The maximum Gasteiger partial charge on any atom is 0.417 e. The summed E-state index contributed by atoms with van der Waals surface area (Å²) in [7, 11) is 1.79. The lowest BCUT2D eigenvalue weighted by molar-refractivity contribution is -0.137. The Bertz CT molecular complexity index is 857. The average Bonchev–Trinajstić information content (AvgIpc) is 3.02. The van der Waals surface area contributed by atoms with Crippen molar-refractivity contribution in [3.63, 3.8) is 0 Å². The van der Waals surface area contributed by atoms with Crippen LogP contribution >= 0.6 is 23.4 Å². The Hall–Kier alpha value is -2.05. The van der Waals surface area contributed by atoms with Crippen molar-refractivity contribution in [2.24, 2.45) is 7.05 Å². The first-order valence-electron chi connectivity index (χ1n) is 8.13. The number of thioether (sulfide) groups is 1. The van der Waals surface area contributed by atoms with E-state index in [0.29, 0.717) is 49.7 Å². The summed E-state index contributed by atoms with van der Waals surface area (Å²) in [5, 5.41) is 10.8. The summed E-state index contributed by atoms with van der Waals surface area (Å²) in [4.78, 5) is 17.7. The molecule has 3 heterocycles. The molecule has 0 radical (unpaired) electrons. The van der Waals surface area contributed by atoms with Gasteiger partial charge < -0.3 is 15.0 Å². The number of carbonyl (C=O) groups excluding carboxylic acids is 1. The second-order valence-electron chi connectivity index (χ2n) is 5.83. The predicted octanol–water partition coefficient (Wildman–Crippen LogP) is 2.45. The van der Waals surface area contributed by atoms with Gasteiger partial charge in [-0.2, -0.15) is 13.2 Å². The highest BCUT2D eigenvalue weighted by Gasteiger charge is 2.31. The van der Waals surface area contributed by atoms with Crippen LogP contribution in [0.5, 0.6) is 0 Å². The number of alkyl halides is 3. The van der Waals surface area contributed by atoms with Gasteiger partial charge in [-0.3, -0.25) is 9.36 Å². The molecule has 1 N–H and O–H groups in total. The molecular weight excluding hydrogens is 421 g/mol. The molecule has 0 saturated carbocycles. The Kier molecular flexibility index (Phi) is 6.30. The fourth-order valence-electron chi connectivity index (χ4n) is 2.45. The van der Waals surface area contributed by atoms with Crippen molar-refractivity contribution in [1.29, 1.82) is 0 Å². The molecule has 3 rings (SSSR count). The highest BCUT2D eigenvalue weighted by molar-refractivity contribution is 7.99. The number of nitrogens with zero attached hydrogens (tertiary/aromatic N) is 5. The van der Waals surface area contributed by atoms with Crippen LogP contribution in [0.4, 0.5) is 24.9 Å². The van der Waals surface area contributed by atoms with Crippen molar-refractivity contribution >= 4 is 41.0 Å². The van der Waals surface area contributed by atoms with Gasteiger partial charge in [-0.1, -0.05) is 23.4 Å². The van der Waals surface area contributed by atoms with Gasteiger partial charge in [-0.15, -0.1) is 10.2 Å². The van der Waals surface area contributed by atoms with Crippen LogP contribution in [0.15, 0.2) is 17.4 Å². The molecule has 2 aromatic heterocycles. The fourth-order valence-corrected chi connectivity index (χ4v) is 3.37. The van der Waals surface area contributed by atoms with Gasteiger partial charge in [0.1, 0.15) is 0 Å². The zero-order valence-corrected chi connectivity index (χ0v) is 16.2. The molecule has 8 nitrogen and oxygen atoms in total. The van der Waals surface area contributed by atoms with E-state index in [0.717, 1.165) is 11.8 Å². The van der Waals surface area contributed by atoms with Gasteiger partial charge in [-0.05, 0) is 6.07 Å². The Morgan fingerprint density at radius 2 is 2.07 bits per heavy atom. The van der Waals surface area contributed by atoms with E-state index in [-0.39, 0.29) is 16.6 Å². The minimum atomic E-state index is -4.56. The maximum atomic E-state index is 12.6. The molecule has 1 aliphatic rings. The Morgan fingerprint density at radius 3 is 2.71 bits per heavy atom. The minimum absolute atomic E-state index is 0.0336. The first-order chi connectivity index (χ1) is 13.3. The number of amides is 1. The second kappa shape index (κ2) is 8.53. The molecule has 152 valence electrons. The van der Waals surface area contributed by atoms with Crippen LogP contribution in [0.2, 0.25) is 5.02 Å². The predicted molar refractivity (Wildman–Crippen MR) is 97.6 cm³/mol. The summed E-state index contributed by atoms with van der Waals surface area (Å²) in [5.41, 5.74) is -0.986. The van der Waals surface area contributed by atoms with E-state index in [1.165, 1.54) is 0 Å². The highest BCUT2D eigenvalue weighted by atomic mass is 35.5. The highest BCUT2D eigenvalue weighted by Crippen LogP contribution is 2.32. The summed E-state index contributed by atoms with van der Waals surface area (Å²) in [5.74, 6) is 0.0367. The number of pyridine rings is 1. The van der Waals surface area contributed by atoms with Gasteiger partial charge in [0, 0.05) is 26.3 Å². The fraction of sp³-hybridized carbons (Fsp3) is 0.467. The number of carbonyl (C=O) groups is 1. The van der Waals surface area contributed by atoms with Crippen molar-refractivity contribution in [3.05, 3.63) is 22.8 Å². The SMILES string of the molecule is Cn1c(SCC(=O)Nc2ncc(C(F)(F)F)cc2Cl)nnc1N1CCOCC1. The number of anilines is 2. The molecule has 28 heavy (non-hydrogen) atoms. The van der Waals surface area contributed by atoms with Crippen LogP contribution in [0, 0.1) is 0 Å². The lowest BCUT2D eigenvalue weighted by Gasteiger charge is -2.27. The summed E-state index contributed by atoms with van der Waals surface area (Å²) in [6, 6.07) is 0.717. The Balaban J connectivity index is 1.58. The first kappa shape index (κ1) is 20.7. The summed E-state index contributed by atoms with van der Waals surface area (Å²) in [6.45, 7) is 2.63. The van der Waals surface area contributed by atoms with Crippen molar-refractivity contribution in [1.82, 2.24) is 19.7 Å². The number of rotatable bonds is 5. The third-order valence-corrected chi connectivity index (χ3v) is 5.17. The van der Waals surface area contributed by atoms with Crippen LogP contribution in [0.1, 0.15) is 5.56 Å². The lowest BCUT2D eigenvalue weighted by atomic mass is 10.3. The van der Waals surface area contributed by atoms with Crippen LogP contribution in [0.3, 0.4) is 0 Å². The molecule has 1 amide bonds. The van der Waals surface area contributed by atoms with Crippen LogP contribution in [-0.2, 0) is 22.8 Å². The molecule has 1 fully saturated rings. The summed E-state index contributed by atoms with van der Waals surface area (Å²) >= 11 is 6.93. The van der Waals surface area contributed by atoms with Gasteiger partial charge in [0.2, 0.25) is 11.9 Å². The third kappa shape index (κ3) is 4.86. The number of halogens is 4. The van der Waals surface area contributed by atoms with Gasteiger partial charge >= 0.3 is 6.18 Å². The summed E-state index contributed by atoms with van der Waals surface area (Å²) < 4.78 is 45.0. The second-order valence-corrected chi connectivity index (χ2v) is 7.18. The molecule has 0 aliphatic carbocycles. The van der Waals surface area contributed by atoms with E-state index in [2.05, 4.69) is 20.5 Å². The molecule has 1 saturated heterocycles. The van der Waals surface area contributed by atoms with E-state index < -0.39 is 17.6 Å². The van der Waals surface area contributed by atoms with Crippen molar-refractivity contribution < 1.29 is 22.7 Å². The number of morpholine rings is 1. The quantitative estimate of drug-likeness (QED) is 0.720. The molecule has 0 unspecified atom stereocenters. The molecule has 0 atom stereocenters. The molecule has 0 aromatic carbocycles.